The van der Waals surface area contributed by atoms with Crippen LogP contribution in [0.4, 0.5) is 0 Å². The average Bonchev–Trinajstić information content (AvgIpc) is 2.12. The van der Waals surface area contributed by atoms with Crippen molar-refractivity contribution in [3.05, 3.63) is 0 Å². The summed E-state index contributed by atoms with van der Waals surface area (Å²) in [6.45, 7) is 5.34. The Bertz CT molecular complexity index is 187. The fourth-order valence-electron chi connectivity index (χ4n) is 1.28. The second-order valence-corrected chi connectivity index (χ2v) is 3.46. The minimum Gasteiger partial charge on any atom is -0.455 e. The van der Waals surface area contributed by atoms with Crippen LogP contribution in [0.25, 0.3) is 0 Å². The van der Waals surface area contributed by atoms with Gasteiger partial charge in [0.15, 0.2) is 11.9 Å². The third kappa shape index (κ3) is 5.73. The maximum atomic E-state index is 11.5. The van der Waals surface area contributed by atoms with Crippen LogP contribution in [0, 0.1) is 0 Å². The minimum absolute atomic E-state index is 0.0520. The maximum Gasteiger partial charge on any atom is 0.303 e. The summed E-state index contributed by atoms with van der Waals surface area (Å²) in [4.78, 5) is 22.3. The molecule has 82 valence electrons. The van der Waals surface area contributed by atoms with Crippen molar-refractivity contribution in [2.45, 2.75) is 59.0 Å². The molecular weight excluding hydrogens is 180 g/mol. The summed E-state index contributed by atoms with van der Waals surface area (Å²) in [5.41, 5.74) is 0. The number of carbonyl (C=O) groups is 2. The van der Waals surface area contributed by atoms with Crippen molar-refractivity contribution in [2.75, 3.05) is 0 Å². The third-order valence-electron chi connectivity index (χ3n) is 1.98. The van der Waals surface area contributed by atoms with Gasteiger partial charge in [0.2, 0.25) is 0 Å². The van der Waals surface area contributed by atoms with Gasteiger partial charge in [-0.3, -0.25) is 9.59 Å². The summed E-state index contributed by atoms with van der Waals surface area (Å²) in [6, 6.07) is 0. The second-order valence-electron chi connectivity index (χ2n) is 3.46. The zero-order valence-electron chi connectivity index (χ0n) is 9.34. The minimum atomic E-state index is -0.507. The van der Waals surface area contributed by atoms with Crippen LogP contribution in [0.1, 0.15) is 52.9 Å². The van der Waals surface area contributed by atoms with Crippen LogP contribution in [-0.4, -0.2) is 17.9 Å². The lowest BCUT2D eigenvalue weighted by atomic mass is 10.1. The molecule has 14 heavy (non-hydrogen) atoms. The monoisotopic (exact) mass is 200 g/mol. The summed E-state index contributed by atoms with van der Waals surface area (Å²) in [7, 11) is 0. The molecule has 0 aliphatic rings. The average molecular weight is 200 g/mol. The van der Waals surface area contributed by atoms with E-state index in [2.05, 4.69) is 6.92 Å². The third-order valence-corrected chi connectivity index (χ3v) is 1.98. The lowest BCUT2D eigenvalue weighted by Crippen LogP contribution is -2.26. The van der Waals surface area contributed by atoms with Crippen molar-refractivity contribution < 1.29 is 14.3 Å². The first-order valence-electron chi connectivity index (χ1n) is 5.31. The molecule has 3 heteroatoms. The van der Waals surface area contributed by atoms with Crippen LogP contribution in [-0.2, 0) is 14.3 Å². The Morgan fingerprint density at radius 2 is 1.86 bits per heavy atom. The molecule has 0 radical (unpaired) electrons. The number of ketones is 1. The lowest BCUT2D eigenvalue weighted by Gasteiger charge is -2.14. The van der Waals surface area contributed by atoms with Crippen LogP contribution in [0.15, 0.2) is 0 Å². The molecule has 0 spiro atoms. The molecule has 3 nitrogen and oxygen atoms in total. The van der Waals surface area contributed by atoms with E-state index in [-0.39, 0.29) is 11.8 Å². The van der Waals surface area contributed by atoms with E-state index in [0.717, 1.165) is 19.3 Å². The molecule has 0 aliphatic heterocycles. The van der Waals surface area contributed by atoms with Gasteiger partial charge in [0.25, 0.3) is 0 Å². The largest absolute Gasteiger partial charge is 0.455 e. The van der Waals surface area contributed by atoms with E-state index in [0.29, 0.717) is 12.8 Å². The van der Waals surface area contributed by atoms with Gasteiger partial charge in [-0.15, -0.1) is 0 Å². The zero-order chi connectivity index (χ0) is 11.0. The molecule has 0 bridgehead atoms. The number of hydrogen-bond acceptors (Lipinski definition) is 3. The molecule has 0 aromatic rings. The van der Waals surface area contributed by atoms with Crippen molar-refractivity contribution in [3.8, 4) is 0 Å². The van der Waals surface area contributed by atoms with Gasteiger partial charge >= 0.3 is 5.97 Å². The standard InChI is InChI=1S/C11H20O3/c1-4-6-8-11(14-9(3)12)10(13)7-5-2/h11H,4-8H2,1-3H3. The number of ether oxygens (including phenoxy) is 1. The van der Waals surface area contributed by atoms with E-state index < -0.39 is 6.10 Å². The molecule has 0 N–H and O–H groups in total. The van der Waals surface area contributed by atoms with Gasteiger partial charge in [-0.2, -0.15) is 0 Å². The van der Waals surface area contributed by atoms with Crippen LogP contribution in [0.3, 0.4) is 0 Å². The highest BCUT2D eigenvalue weighted by Gasteiger charge is 2.19. The molecule has 0 saturated carbocycles. The highest BCUT2D eigenvalue weighted by Crippen LogP contribution is 2.09. The van der Waals surface area contributed by atoms with Crippen molar-refractivity contribution in [2.24, 2.45) is 0 Å². The topological polar surface area (TPSA) is 43.4 Å². The van der Waals surface area contributed by atoms with Gasteiger partial charge in [-0.1, -0.05) is 20.3 Å². The predicted molar refractivity (Wildman–Crippen MR) is 55.0 cm³/mol. The molecule has 0 rings (SSSR count). The van der Waals surface area contributed by atoms with Crippen molar-refractivity contribution in [1.29, 1.82) is 0 Å². The van der Waals surface area contributed by atoms with E-state index in [4.69, 9.17) is 4.74 Å². The van der Waals surface area contributed by atoms with Crippen LogP contribution < -0.4 is 0 Å². The van der Waals surface area contributed by atoms with Gasteiger partial charge in [-0.05, 0) is 19.3 Å². The number of rotatable bonds is 7. The summed E-state index contributed by atoms with van der Waals surface area (Å²) < 4.78 is 4.98. The molecule has 0 heterocycles. The Balaban J connectivity index is 4.08. The summed E-state index contributed by atoms with van der Waals surface area (Å²) in [5.74, 6) is -0.313. The number of esters is 1. The highest BCUT2D eigenvalue weighted by atomic mass is 16.5. The smallest absolute Gasteiger partial charge is 0.303 e. The summed E-state index contributed by atoms with van der Waals surface area (Å²) in [6.07, 6.45) is 3.40. The van der Waals surface area contributed by atoms with Gasteiger partial charge in [0.05, 0.1) is 0 Å². The van der Waals surface area contributed by atoms with E-state index in [1.165, 1.54) is 6.92 Å². The Morgan fingerprint density at radius 3 is 2.29 bits per heavy atom. The number of carbonyl (C=O) groups excluding carboxylic acids is 2. The number of unbranched alkanes of at least 4 members (excludes halogenated alkanes) is 1. The van der Waals surface area contributed by atoms with Crippen molar-refractivity contribution in [3.63, 3.8) is 0 Å². The highest BCUT2D eigenvalue weighted by molar-refractivity contribution is 5.85. The van der Waals surface area contributed by atoms with Crippen LogP contribution >= 0.6 is 0 Å². The van der Waals surface area contributed by atoms with Crippen LogP contribution in [0.5, 0.6) is 0 Å². The van der Waals surface area contributed by atoms with Gasteiger partial charge < -0.3 is 4.74 Å². The Morgan fingerprint density at radius 1 is 1.21 bits per heavy atom. The molecule has 1 atom stereocenters. The quantitative estimate of drug-likeness (QED) is 0.593. The molecule has 0 saturated heterocycles. The number of Topliss-reactive ketones (excluding diaryl/α,β-unsaturated/α-hetero) is 1. The van der Waals surface area contributed by atoms with Gasteiger partial charge in [-0.25, -0.2) is 0 Å². The molecule has 0 fully saturated rings. The first-order valence-corrected chi connectivity index (χ1v) is 5.31. The predicted octanol–water partition coefficient (Wildman–Crippen LogP) is 2.48. The maximum absolute atomic E-state index is 11.5. The summed E-state index contributed by atoms with van der Waals surface area (Å²) in [5, 5.41) is 0. The first-order chi connectivity index (χ1) is 6.61. The van der Waals surface area contributed by atoms with Crippen molar-refractivity contribution >= 4 is 11.8 Å². The van der Waals surface area contributed by atoms with Gasteiger partial charge in [0, 0.05) is 13.3 Å². The summed E-state index contributed by atoms with van der Waals surface area (Å²) >= 11 is 0. The zero-order valence-corrected chi connectivity index (χ0v) is 9.34. The normalized spacial score (nSPS) is 12.2. The van der Waals surface area contributed by atoms with Crippen molar-refractivity contribution in [1.82, 2.24) is 0 Å². The lowest BCUT2D eigenvalue weighted by molar-refractivity contribution is -0.153. The second kappa shape index (κ2) is 7.54. The number of hydrogen-bond donors (Lipinski definition) is 0. The van der Waals surface area contributed by atoms with Crippen LogP contribution in [0.2, 0.25) is 0 Å². The Hall–Kier alpha value is -0.860. The SMILES string of the molecule is CCCCC(OC(C)=O)C(=O)CCC. The molecule has 0 aliphatic carbocycles. The van der Waals surface area contributed by atoms with E-state index in [9.17, 15) is 9.59 Å². The first kappa shape index (κ1) is 13.1. The Labute approximate surface area is 85.8 Å². The molecule has 1 unspecified atom stereocenters. The Kier molecular flexibility index (Phi) is 7.07. The molecule has 0 aromatic carbocycles. The van der Waals surface area contributed by atoms with E-state index >= 15 is 0 Å². The van der Waals surface area contributed by atoms with E-state index in [1.54, 1.807) is 0 Å². The fourth-order valence-corrected chi connectivity index (χ4v) is 1.28. The molecular formula is C11H20O3. The molecule has 0 aromatic heterocycles. The van der Waals surface area contributed by atoms with E-state index in [1.807, 2.05) is 6.92 Å². The fraction of sp³-hybridized carbons (Fsp3) is 0.818. The van der Waals surface area contributed by atoms with Gasteiger partial charge in [0.1, 0.15) is 0 Å². The molecule has 0 amide bonds.